The van der Waals surface area contributed by atoms with Gasteiger partial charge in [0, 0.05) is 7.11 Å². The quantitative estimate of drug-likeness (QED) is 0.594. The van der Waals surface area contributed by atoms with Crippen molar-refractivity contribution < 1.29 is 23.8 Å². The summed E-state index contributed by atoms with van der Waals surface area (Å²) in [6.07, 6.45) is 0.222. The molecule has 136 valence electrons. The summed E-state index contributed by atoms with van der Waals surface area (Å²) >= 11 is 0. The molecule has 0 saturated carbocycles. The lowest BCUT2D eigenvalue weighted by Crippen LogP contribution is -2.52. The monoisotopic (exact) mass is 342 g/mol. The molecule has 0 heterocycles. The van der Waals surface area contributed by atoms with E-state index in [1.54, 1.807) is 13.8 Å². The van der Waals surface area contributed by atoms with E-state index in [4.69, 9.17) is 15.2 Å². The maximum absolute atomic E-state index is 12.9. The highest BCUT2D eigenvalue weighted by molar-refractivity contribution is 5.84. The number of methoxy groups -OCH3 is 1. The number of halogens is 1. The Morgan fingerprint density at radius 1 is 1.38 bits per heavy atom. The molecule has 1 unspecified atom stereocenters. The van der Waals surface area contributed by atoms with Crippen molar-refractivity contribution in [2.75, 3.05) is 20.3 Å². The molecule has 0 radical (unpaired) electrons. The van der Waals surface area contributed by atoms with Gasteiger partial charge in [-0.3, -0.25) is 4.79 Å². The Balaban J connectivity index is 2.64. The standard InChI is InChI=1S/C17H27FN2O4/c1-17(2,23-3)16(22)20-14(5-4-10-19)15(21)11-24-13-8-6-12(18)7-9-13/h6-9,14-15,21H,4-5,10-11,19H2,1-3H3,(H,20,22)/t14-,15?/m0/s1. The SMILES string of the molecule is COC(C)(C)C(=O)N[C@@H](CCCN)C(O)COc1ccc(F)cc1. The molecule has 0 spiro atoms. The van der Waals surface area contributed by atoms with Gasteiger partial charge in [-0.15, -0.1) is 0 Å². The minimum absolute atomic E-state index is 0.0332. The minimum atomic E-state index is -1.00. The Bertz CT molecular complexity index is 508. The Labute approximate surface area is 142 Å². The summed E-state index contributed by atoms with van der Waals surface area (Å²) in [5.74, 6) is -0.248. The molecule has 24 heavy (non-hydrogen) atoms. The molecule has 1 aromatic carbocycles. The number of carbonyl (C=O) groups excluding carboxylic acids is 1. The van der Waals surface area contributed by atoms with Crippen LogP contribution in [0.25, 0.3) is 0 Å². The van der Waals surface area contributed by atoms with Crippen molar-refractivity contribution in [1.82, 2.24) is 5.32 Å². The molecular formula is C17H27FN2O4. The fourth-order valence-electron chi connectivity index (χ4n) is 1.96. The highest BCUT2D eigenvalue weighted by Gasteiger charge is 2.31. The Morgan fingerprint density at radius 3 is 2.54 bits per heavy atom. The summed E-state index contributed by atoms with van der Waals surface area (Å²) in [7, 11) is 1.45. The molecule has 6 nitrogen and oxygen atoms in total. The van der Waals surface area contributed by atoms with Crippen molar-refractivity contribution in [2.24, 2.45) is 5.73 Å². The molecule has 0 saturated heterocycles. The van der Waals surface area contributed by atoms with Gasteiger partial charge in [-0.25, -0.2) is 4.39 Å². The smallest absolute Gasteiger partial charge is 0.251 e. The van der Waals surface area contributed by atoms with E-state index in [-0.39, 0.29) is 18.3 Å². The number of benzene rings is 1. The molecule has 0 aliphatic carbocycles. The molecule has 1 aromatic rings. The third kappa shape index (κ3) is 6.43. The van der Waals surface area contributed by atoms with E-state index in [1.165, 1.54) is 31.4 Å². The molecule has 0 fully saturated rings. The van der Waals surface area contributed by atoms with Crippen molar-refractivity contribution in [3.63, 3.8) is 0 Å². The maximum Gasteiger partial charge on any atom is 0.251 e. The first-order valence-electron chi connectivity index (χ1n) is 7.92. The fourth-order valence-corrected chi connectivity index (χ4v) is 1.96. The number of nitrogens with one attached hydrogen (secondary N) is 1. The second-order valence-corrected chi connectivity index (χ2v) is 6.06. The third-order valence-corrected chi connectivity index (χ3v) is 3.79. The van der Waals surface area contributed by atoms with Gasteiger partial charge in [0.25, 0.3) is 5.91 Å². The van der Waals surface area contributed by atoms with Crippen LogP contribution in [0.4, 0.5) is 4.39 Å². The lowest BCUT2D eigenvalue weighted by molar-refractivity contribution is -0.141. The van der Waals surface area contributed by atoms with Gasteiger partial charge < -0.3 is 25.6 Å². The first-order chi connectivity index (χ1) is 11.3. The first-order valence-corrected chi connectivity index (χ1v) is 7.92. The molecule has 0 aromatic heterocycles. The zero-order valence-corrected chi connectivity index (χ0v) is 14.4. The van der Waals surface area contributed by atoms with E-state index >= 15 is 0 Å². The molecule has 7 heteroatoms. The summed E-state index contributed by atoms with van der Waals surface area (Å²) in [6.45, 7) is 3.70. The van der Waals surface area contributed by atoms with Crippen molar-refractivity contribution >= 4 is 5.91 Å². The summed E-state index contributed by atoms with van der Waals surface area (Å²) in [5, 5.41) is 13.1. The van der Waals surface area contributed by atoms with Gasteiger partial charge in [0.05, 0.1) is 6.04 Å². The van der Waals surface area contributed by atoms with Gasteiger partial charge in [0.15, 0.2) is 0 Å². The van der Waals surface area contributed by atoms with Crippen LogP contribution in [-0.2, 0) is 9.53 Å². The van der Waals surface area contributed by atoms with E-state index in [2.05, 4.69) is 5.32 Å². The number of hydrogen-bond acceptors (Lipinski definition) is 5. The van der Waals surface area contributed by atoms with Crippen molar-refractivity contribution in [2.45, 2.75) is 44.4 Å². The maximum atomic E-state index is 12.9. The van der Waals surface area contributed by atoms with Gasteiger partial charge in [0.1, 0.15) is 29.9 Å². The molecule has 0 aliphatic heterocycles. The van der Waals surface area contributed by atoms with Crippen LogP contribution in [0.2, 0.25) is 0 Å². The average molecular weight is 342 g/mol. The normalized spacial score (nSPS) is 14.1. The van der Waals surface area contributed by atoms with Gasteiger partial charge in [-0.1, -0.05) is 0 Å². The lowest BCUT2D eigenvalue weighted by atomic mass is 10.0. The number of carbonyl (C=O) groups is 1. The summed E-state index contributed by atoms with van der Waals surface area (Å²) < 4.78 is 23.5. The molecule has 1 amide bonds. The number of rotatable bonds is 10. The molecule has 2 atom stereocenters. The first kappa shape index (κ1) is 20.3. The molecule has 1 rings (SSSR count). The van der Waals surface area contributed by atoms with Gasteiger partial charge >= 0.3 is 0 Å². The van der Waals surface area contributed by atoms with E-state index in [9.17, 15) is 14.3 Å². The Morgan fingerprint density at radius 2 is 2.00 bits per heavy atom. The van der Waals surface area contributed by atoms with Crippen LogP contribution < -0.4 is 15.8 Å². The van der Waals surface area contributed by atoms with Crippen LogP contribution in [0.1, 0.15) is 26.7 Å². The Hall–Kier alpha value is -1.70. The fraction of sp³-hybridized carbons (Fsp3) is 0.588. The van der Waals surface area contributed by atoms with Crippen LogP contribution in [0, 0.1) is 5.82 Å². The van der Waals surface area contributed by atoms with Crippen LogP contribution >= 0.6 is 0 Å². The highest BCUT2D eigenvalue weighted by Crippen LogP contribution is 2.14. The number of amides is 1. The van der Waals surface area contributed by atoms with Crippen molar-refractivity contribution in [3.05, 3.63) is 30.1 Å². The topological polar surface area (TPSA) is 93.8 Å². The molecule has 4 N–H and O–H groups in total. The second-order valence-electron chi connectivity index (χ2n) is 6.06. The Kier molecular flexibility index (Phi) is 8.10. The van der Waals surface area contributed by atoms with Crippen molar-refractivity contribution in [3.8, 4) is 5.75 Å². The molecule has 0 bridgehead atoms. The number of nitrogens with two attached hydrogens (primary N) is 1. The number of aliphatic hydroxyl groups excluding tert-OH is 1. The van der Waals surface area contributed by atoms with Gasteiger partial charge in [-0.05, 0) is 57.5 Å². The second kappa shape index (κ2) is 9.56. The minimum Gasteiger partial charge on any atom is -0.491 e. The largest absolute Gasteiger partial charge is 0.491 e. The van der Waals surface area contributed by atoms with Crippen molar-refractivity contribution in [1.29, 1.82) is 0 Å². The molecular weight excluding hydrogens is 315 g/mol. The van der Waals surface area contributed by atoms with Gasteiger partial charge in [-0.2, -0.15) is 0 Å². The van der Waals surface area contributed by atoms with Gasteiger partial charge in [0.2, 0.25) is 0 Å². The van der Waals surface area contributed by atoms with E-state index in [0.717, 1.165) is 0 Å². The highest BCUT2D eigenvalue weighted by atomic mass is 19.1. The van der Waals surface area contributed by atoms with Crippen LogP contribution in [0.5, 0.6) is 5.75 Å². The number of aliphatic hydroxyl groups is 1. The predicted octanol–water partition coefficient (Wildman–Crippen LogP) is 1.21. The predicted molar refractivity (Wildman–Crippen MR) is 89.2 cm³/mol. The molecule has 0 aliphatic rings. The number of hydrogen-bond donors (Lipinski definition) is 3. The zero-order valence-electron chi connectivity index (χ0n) is 14.4. The lowest BCUT2D eigenvalue weighted by Gasteiger charge is -2.29. The van der Waals surface area contributed by atoms with E-state index in [1.807, 2.05) is 0 Å². The summed E-state index contributed by atoms with van der Waals surface area (Å²) in [5.41, 5.74) is 4.51. The average Bonchev–Trinajstić information content (AvgIpc) is 2.57. The zero-order chi connectivity index (χ0) is 18.2. The van der Waals surface area contributed by atoms with E-state index in [0.29, 0.717) is 25.1 Å². The van der Waals surface area contributed by atoms with Crippen LogP contribution in [0.15, 0.2) is 24.3 Å². The summed E-state index contributed by atoms with van der Waals surface area (Å²) in [4.78, 5) is 12.2. The summed E-state index contributed by atoms with van der Waals surface area (Å²) in [6, 6.07) is 4.98. The van der Waals surface area contributed by atoms with Crippen LogP contribution in [0.3, 0.4) is 0 Å². The number of ether oxygens (including phenoxy) is 2. The van der Waals surface area contributed by atoms with E-state index < -0.39 is 17.7 Å². The third-order valence-electron chi connectivity index (χ3n) is 3.79. The van der Waals surface area contributed by atoms with Crippen LogP contribution in [-0.4, -0.2) is 49.0 Å².